The fraction of sp³-hybridized carbons (Fsp3) is 0.889. The van der Waals surface area contributed by atoms with Crippen LogP contribution in [0.4, 0.5) is 0 Å². The molecule has 68 valence electrons. The van der Waals surface area contributed by atoms with Gasteiger partial charge in [-0.2, -0.15) is 0 Å². The van der Waals surface area contributed by atoms with Gasteiger partial charge in [0.25, 0.3) is 0 Å². The number of nitrogens with zero attached hydrogens (tertiary/aromatic N) is 1. The second kappa shape index (κ2) is 3.05. The molecule has 2 fully saturated rings. The van der Waals surface area contributed by atoms with Crippen LogP contribution in [0.15, 0.2) is 0 Å². The van der Waals surface area contributed by atoms with Gasteiger partial charge in [-0.25, -0.2) is 0 Å². The average Bonchev–Trinajstić information content (AvgIpc) is 2.72. The van der Waals surface area contributed by atoms with E-state index < -0.39 is 0 Å². The first-order valence-corrected chi connectivity index (χ1v) is 4.76. The summed E-state index contributed by atoms with van der Waals surface area (Å²) in [7, 11) is 0. The van der Waals surface area contributed by atoms with Gasteiger partial charge in [0.05, 0.1) is 6.54 Å². The fourth-order valence-electron chi connectivity index (χ4n) is 1.78. The van der Waals surface area contributed by atoms with Crippen LogP contribution in [0, 0.1) is 11.8 Å². The lowest BCUT2D eigenvalue weighted by Gasteiger charge is -2.27. The number of rotatable bonds is 2. The predicted molar refractivity (Wildman–Crippen MR) is 46.7 cm³/mol. The molecular formula is C9H16N2O. The lowest BCUT2D eigenvalue weighted by Crippen LogP contribution is -2.48. The summed E-state index contributed by atoms with van der Waals surface area (Å²) < 4.78 is 0. The van der Waals surface area contributed by atoms with Gasteiger partial charge in [-0.15, -0.1) is 0 Å². The van der Waals surface area contributed by atoms with Gasteiger partial charge in [-0.05, 0) is 18.3 Å². The van der Waals surface area contributed by atoms with E-state index >= 15 is 0 Å². The third-order valence-corrected chi connectivity index (χ3v) is 2.92. The van der Waals surface area contributed by atoms with Gasteiger partial charge < -0.3 is 10.2 Å². The van der Waals surface area contributed by atoms with Crippen molar-refractivity contribution in [3.63, 3.8) is 0 Å². The summed E-state index contributed by atoms with van der Waals surface area (Å²) in [5, 5.41) is 3.08. The Hall–Kier alpha value is -0.570. The molecule has 1 heterocycles. The van der Waals surface area contributed by atoms with Crippen molar-refractivity contribution in [2.75, 3.05) is 26.2 Å². The number of carbonyl (C=O) groups is 1. The molecule has 1 aliphatic heterocycles. The normalized spacial score (nSPS) is 35.4. The summed E-state index contributed by atoms with van der Waals surface area (Å²) in [5.74, 6) is 1.93. The van der Waals surface area contributed by atoms with Gasteiger partial charge in [0, 0.05) is 19.6 Å². The van der Waals surface area contributed by atoms with Gasteiger partial charge in [-0.3, -0.25) is 4.79 Å². The molecule has 2 unspecified atom stereocenters. The third kappa shape index (κ3) is 1.61. The zero-order valence-corrected chi connectivity index (χ0v) is 7.55. The SMILES string of the molecule is CC1CC1CN1CCNCC1=O. The van der Waals surface area contributed by atoms with Gasteiger partial charge in [0.15, 0.2) is 0 Å². The van der Waals surface area contributed by atoms with Crippen molar-refractivity contribution in [3.8, 4) is 0 Å². The van der Waals surface area contributed by atoms with E-state index in [1.807, 2.05) is 4.90 Å². The molecule has 3 nitrogen and oxygen atoms in total. The first-order chi connectivity index (χ1) is 5.77. The Bertz CT molecular complexity index is 193. The van der Waals surface area contributed by atoms with Gasteiger partial charge in [0.2, 0.25) is 5.91 Å². The predicted octanol–water partition coefficient (Wildman–Crippen LogP) is 0.0742. The molecule has 1 saturated carbocycles. The Balaban J connectivity index is 1.81. The number of amides is 1. The summed E-state index contributed by atoms with van der Waals surface area (Å²) in [4.78, 5) is 13.3. The zero-order chi connectivity index (χ0) is 8.55. The minimum absolute atomic E-state index is 0.278. The Morgan fingerprint density at radius 1 is 1.67 bits per heavy atom. The average molecular weight is 168 g/mol. The molecule has 3 heteroatoms. The molecule has 0 aromatic carbocycles. The first-order valence-electron chi connectivity index (χ1n) is 4.76. The highest BCUT2D eigenvalue weighted by Gasteiger charge is 2.35. The minimum Gasteiger partial charge on any atom is -0.340 e. The molecule has 2 aliphatic rings. The fourth-order valence-corrected chi connectivity index (χ4v) is 1.78. The molecule has 2 atom stereocenters. The maximum absolute atomic E-state index is 11.3. The summed E-state index contributed by atoms with van der Waals surface area (Å²) in [5.41, 5.74) is 0. The number of piperazine rings is 1. The number of hydrogen-bond acceptors (Lipinski definition) is 2. The molecule has 12 heavy (non-hydrogen) atoms. The van der Waals surface area contributed by atoms with E-state index in [0.29, 0.717) is 6.54 Å². The van der Waals surface area contributed by atoms with Crippen LogP contribution in [0.5, 0.6) is 0 Å². The Morgan fingerprint density at radius 3 is 3.00 bits per heavy atom. The maximum Gasteiger partial charge on any atom is 0.236 e. The molecule has 1 N–H and O–H groups in total. The Kier molecular flexibility index (Phi) is 2.05. The van der Waals surface area contributed by atoms with E-state index in [-0.39, 0.29) is 5.91 Å². The van der Waals surface area contributed by atoms with E-state index in [0.717, 1.165) is 31.5 Å². The van der Waals surface area contributed by atoms with Gasteiger partial charge >= 0.3 is 0 Å². The Labute approximate surface area is 73.1 Å². The monoisotopic (exact) mass is 168 g/mol. The van der Waals surface area contributed by atoms with Crippen LogP contribution in [0.2, 0.25) is 0 Å². The van der Waals surface area contributed by atoms with E-state index in [2.05, 4.69) is 12.2 Å². The van der Waals surface area contributed by atoms with Gasteiger partial charge in [-0.1, -0.05) is 6.92 Å². The molecule has 2 rings (SSSR count). The summed E-state index contributed by atoms with van der Waals surface area (Å²) >= 11 is 0. The topological polar surface area (TPSA) is 32.3 Å². The second-order valence-corrected chi connectivity index (χ2v) is 3.99. The number of nitrogens with one attached hydrogen (secondary N) is 1. The largest absolute Gasteiger partial charge is 0.340 e. The minimum atomic E-state index is 0.278. The molecule has 0 aromatic rings. The molecular weight excluding hydrogens is 152 g/mol. The molecule has 0 radical (unpaired) electrons. The maximum atomic E-state index is 11.3. The van der Waals surface area contributed by atoms with Crippen LogP contribution in [-0.4, -0.2) is 37.0 Å². The summed E-state index contributed by atoms with van der Waals surface area (Å²) in [6.07, 6.45) is 1.32. The van der Waals surface area contributed by atoms with Crippen LogP contribution < -0.4 is 5.32 Å². The molecule has 1 saturated heterocycles. The van der Waals surface area contributed by atoms with E-state index in [4.69, 9.17) is 0 Å². The second-order valence-electron chi connectivity index (χ2n) is 3.99. The van der Waals surface area contributed by atoms with Crippen molar-refractivity contribution in [2.24, 2.45) is 11.8 Å². The van der Waals surface area contributed by atoms with E-state index in [1.54, 1.807) is 0 Å². The van der Waals surface area contributed by atoms with E-state index in [1.165, 1.54) is 6.42 Å². The zero-order valence-electron chi connectivity index (χ0n) is 7.55. The van der Waals surface area contributed by atoms with Crippen molar-refractivity contribution >= 4 is 5.91 Å². The van der Waals surface area contributed by atoms with Gasteiger partial charge in [0.1, 0.15) is 0 Å². The van der Waals surface area contributed by atoms with Crippen LogP contribution in [0.1, 0.15) is 13.3 Å². The van der Waals surface area contributed by atoms with Crippen molar-refractivity contribution in [1.82, 2.24) is 10.2 Å². The lowest BCUT2D eigenvalue weighted by atomic mass is 10.2. The molecule has 0 spiro atoms. The quantitative estimate of drug-likeness (QED) is 0.633. The third-order valence-electron chi connectivity index (χ3n) is 2.92. The summed E-state index contributed by atoms with van der Waals surface area (Å²) in [6.45, 7) is 5.68. The van der Waals surface area contributed by atoms with Crippen molar-refractivity contribution in [1.29, 1.82) is 0 Å². The van der Waals surface area contributed by atoms with E-state index in [9.17, 15) is 4.79 Å². The number of carbonyl (C=O) groups excluding carboxylic acids is 1. The summed E-state index contributed by atoms with van der Waals surface area (Å²) in [6, 6.07) is 0. The molecule has 1 amide bonds. The van der Waals surface area contributed by atoms with Crippen molar-refractivity contribution in [2.45, 2.75) is 13.3 Å². The highest BCUT2D eigenvalue weighted by atomic mass is 16.2. The Morgan fingerprint density at radius 2 is 2.42 bits per heavy atom. The van der Waals surface area contributed by atoms with Crippen LogP contribution in [-0.2, 0) is 4.79 Å². The van der Waals surface area contributed by atoms with Crippen LogP contribution >= 0.6 is 0 Å². The highest BCUT2D eigenvalue weighted by molar-refractivity contribution is 5.79. The lowest BCUT2D eigenvalue weighted by molar-refractivity contribution is -0.132. The van der Waals surface area contributed by atoms with Crippen LogP contribution in [0.25, 0.3) is 0 Å². The highest BCUT2D eigenvalue weighted by Crippen LogP contribution is 2.38. The molecule has 1 aliphatic carbocycles. The first kappa shape index (κ1) is 8.05. The van der Waals surface area contributed by atoms with Crippen molar-refractivity contribution in [3.05, 3.63) is 0 Å². The number of hydrogen-bond donors (Lipinski definition) is 1. The molecule has 0 bridgehead atoms. The van der Waals surface area contributed by atoms with Crippen LogP contribution in [0.3, 0.4) is 0 Å². The van der Waals surface area contributed by atoms with Crippen molar-refractivity contribution < 1.29 is 4.79 Å². The standard InChI is InChI=1S/C9H16N2O/c1-7-4-8(7)6-11-3-2-10-5-9(11)12/h7-8,10H,2-6H2,1H3. The molecule has 0 aromatic heterocycles. The smallest absolute Gasteiger partial charge is 0.236 e.